The summed E-state index contributed by atoms with van der Waals surface area (Å²) in [6.45, 7) is 7.68. The van der Waals surface area contributed by atoms with Crippen molar-refractivity contribution in [2.75, 3.05) is 32.1 Å². The molecule has 1 fully saturated rings. The van der Waals surface area contributed by atoms with Gasteiger partial charge < -0.3 is 15.8 Å². The second kappa shape index (κ2) is 8.77. The number of ether oxygens (including phenoxy) is 1. The fourth-order valence-electron chi connectivity index (χ4n) is 3.06. The van der Waals surface area contributed by atoms with Gasteiger partial charge in [-0.25, -0.2) is 0 Å². The van der Waals surface area contributed by atoms with Gasteiger partial charge in [-0.2, -0.15) is 0 Å². The lowest BCUT2D eigenvalue weighted by Gasteiger charge is -2.27. The highest BCUT2D eigenvalue weighted by atomic mass is 16.5. The molecule has 1 aliphatic rings. The monoisotopic (exact) mass is 318 g/mol. The van der Waals surface area contributed by atoms with Crippen molar-refractivity contribution in [2.24, 2.45) is 16.6 Å². The van der Waals surface area contributed by atoms with Crippen LogP contribution in [0, 0.1) is 5.92 Å². The molecule has 0 aromatic heterocycles. The van der Waals surface area contributed by atoms with Crippen LogP contribution in [-0.4, -0.2) is 43.6 Å². The number of nitrogens with two attached hydrogens (primary N) is 1. The van der Waals surface area contributed by atoms with Crippen molar-refractivity contribution in [2.45, 2.75) is 39.2 Å². The quantitative estimate of drug-likeness (QED) is 0.599. The standard InChI is InChI=1S/C18H30N4O/c1-14(2)12-16(22-10-4-5-11-22)13-20-18(19)21-15-6-8-17(23-3)9-7-15/h6-9,14,16H,4-5,10-13H2,1-3H3,(H3,19,20,21). The van der Waals surface area contributed by atoms with Gasteiger partial charge in [-0.15, -0.1) is 0 Å². The predicted molar refractivity (Wildman–Crippen MR) is 97.2 cm³/mol. The lowest BCUT2D eigenvalue weighted by molar-refractivity contribution is 0.218. The minimum absolute atomic E-state index is 0.475. The SMILES string of the molecule is COc1ccc(NC(N)=NCC(CC(C)C)N2CCCC2)cc1. The van der Waals surface area contributed by atoms with Crippen LogP contribution in [0.5, 0.6) is 5.75 Å². The number of guanidine groups is 1. The van der Waals surface area contributed by atoms with Crippen molar-refractivity contribution in [1.29, 1.82) is 0 Å². The van der Waals surface area contributed by atoms with Gasteiger partial charge in [-0.3, -0.25) is 9.89 Å². The molecule has 0 bridgehead atoms. The molecule has 1 aromatic rings. The molecule has 5 nitrogen and oxygen atoms in total. The molecule has 0 aliphatic carbocycles. The molecule has 1 atom stereocenters. The second-order valence-corrected chi connectivity index (χ2v) is 6.61. The van der Waals surface area contributed by atoms with E-state index in [0.717, 1.165) is 18.0 Å². The van der Waals surface area contributed by atoms with Crippen LogP contribution in [0.15, 0.2) is 29.3 Å². The molecular weight excluding hydrogens is 288 g/mol. The van der Waals surface area contributed by atoms with Gasteiger partial charge in [0, 0.05) is 11.7 Å². The highest BCUT2D eigenvalue weighted by Gasteiger charge is 2.22. The number of benzene rings is 1. The minimum Gasteiger partial charge on any atom is -0.497 e. The van der Waals surface area contributed by atoms with Crippen LogP contribution in [0.3, 0.4) is 0 Å². The normalized spacial score (nSPS) is 17.5. The van der Waals surface area contributed by atoms with Crippen LogP contribution in [0.2, 0.25) is 0 Å². The number of methoxy groups -OCH3 is 1. The molecule has 0 spiro atoms. The van der Waals surface area contributed by atoms with Crippen molar-refractivity contribution < 1.29 is 4.74 Å². The Balaban J connectivity index is 1.91. The van der Waals surface area contributed by atoms with E-state index in [2.05, 4.69) is 29.1 Å². The Labute approximate surface area is 139 Å². The fourth-order valence-corrected chi connectivity index (χ4v) is 3.06. The van der Waals surface area contributed by atoms with Crippen LogP contribution in [0.4, 0.5) is 5.69 Å². The zero-order valence-electron chi connectivity index (χ0n) is 14.6. The van der Waals surface area contributed by atoms with Crippen LogP contribution < -0.4 is 15.8 Å². The third kappa shape index (κ3) is 5.75. The van der Waals surface area contributed by atoms with Crippen molar-refractivity contribution in [3.8, 4) is 5.75 Å². The molecule has 1 aliphatic heterocycles. The van der Waals surface area contributed by atoms with Crippen LogP contribution in [0.1, 0.15) is 33.1 Å². The molecule has 0 saturated carbocycles. The minimum atomic E-state index is 0.475. The zero-order valence-corrected chi connectivity index (χ0v) is 14.6. The van der Waals surface area contributed by atoms with Crippen molar-refractivity contribution >= 4 is 11.6 Å². The van der Waals surface area contributed by atoms with E-state index >= 15 is 0 Å². The topological polar surface area (TPSA) is 62.9 Å². The van der Waals surface area contributed by atoms with Gasteiger partial charge in [0.25, 0.3) is 0 Å². The van der Waals surface area contributed by atoms with Crippen molar-refractivity contribution in [1.82, 2.24) is 4.90 Å². The van der Waals surface area contributed by atoms with E-state index in [0.29, 0.717) is 17.9 Å². The summed E-state index contributed by atoms with van der Waals surface area (Å²) in [5, 5.41) is 3.15. The third-order valence-electron chi connectivity index (χ3n) is 4.24. The molecule has 0 amide bonds. The summed E-state index contributed by atoms with van der Waals surface area (Å²) >= 11 is 0. The average molecular weight is 318 g/mol. The summed E-state index contributed by atoms with van der Waals surface area (Å²) in [6.07, 6.45) is 3.77. The van der Waals surface area contributed by atoms with E-state index in [-0.39, 0.29) is 0 Å². The number of hydrogen-bond donors (Lipinski definition) is 2. The number of likely N-dealkylation sites (tertiary alicyclic amines) is 1. The first-order valence-electron chi connectivity index (χ1n) is 8.53. The van der Waals surface area contributed by atoms with Crippen molar-refractivity contribution in [3.05, 3.63) is 24.3 Å². The van der Waals surface area contributed by atoms with Crippen LogP contribution in [-0.2, 0) is 0 Å². The molecular formula is C18H30N4O. The molecule has 5 heteroatoms. The maximum absolute atomic E-state index is 6.04. The number of anilines is 1. The number of hydrogen-bond acceptors (Lipinski definition) is 3. The number of rotatable bonds is 7. The average Bonchev–Trinajstić information content (AvgIpc) is 3.06. The molecule has 2 rings (SSSR count). The molecule has 1 unspecified atom stereocenters. The Morgan fingerprint density at radius 1 is 1.26 bits per heavy atom. The Hall–Kier alpha value is -1.75. The van der Waals surface area contributed by atoms with Gasteiger partial charge in [0.15, 0.2) is 5.96 Å². The zero-order chi connectivity index (χ0) is 16.7. The number of nitrogens with zero attached hydrogens (tertiary/aromatic N) is 2. The van der Waals surface area contributed by atoms with E-state index in [9.17, 15) is 0 Å². The summed E-state index contributed by atoms with van der Waals surface area (Å²) in [7, 11) is 1.66. The fraction of sp³-hybridized carbons (Fsp3) is 0.611. The first-order chi connectivity index (χ1) is 11.1. The van der Waals surface area contributed by atoms with Crippen LogP contribution in [0.25, 0.3) is 0 Å². The van der Waals surface area contributed by atoms with Crippen molar-refractivity contribution in [3.63, 3.8) is 0 Å². The van der Waals surface area contributed by atoms with Crippen LogP contribution >= 0.6 is 0 Å². The number of aliphatic imine (C=N–C) groups is 1. The van der Waals surface area contributed by atoms with Gasteiger partial charge in [-0.1, -0.05) is 13.8 Å². The molecule has 3 N–H and O–H groups in total. The van der Waals surface area contributed by atoms with Gasteiger partial charge in [0.2, 0.25) is 0 Å². The summed E-state index contributed by atoms with van der Waals surface area (Å²) in [6, 6.07) is 8.18. The summed E-state index contributed by atoms with van der Waals surface area (Å²) < 4.78 is 5.15. The molecule has 1 saturated heterocycles. The lowest BCUT2D eigenvalue weighted by atomic mass is 10.0. The highest BCUT2D eigenvalue weighted by molar-refractivity contribution is 5.92. The molecule has 128 valence electrons. The Morgan fingerprint density at radius 3 is 2.48 bits per heavy atom. The van der Waals surface area contributed by atoms with Gasteiger partial charge in [-0.05, 0) is 62.5 Å². The molecule has 0 radical (unpaired) electrons. The second-order valence-electron chi connectivity index (χ2n) is 6.61. The van der Waals surface area contributed by atoms with E-state index in [1.165, 1.54) is 32.4 Å². The van der Waals surface area contributed by atoms with Gasteiger partial charge >= 0.3 is 0 Å². The molecule has 1 aromatic carbocycles. The Bertz CT molecular complexity index is 492. The van der Waals surface area contributed by atoms with E-state index < -0.39 is 0 Å². The summed E-state index contributed by atoms with van der Waals surface area (Å²) in [5.74, 6) is 1.98. The largest absolute Gasteiger partial charge is 0.497 e. The maximum atomic E-state index is 6.04. The smallest absolute Gasteiger partial charge is 0.193 e. The Morgan fingerprint density at radius 2 is 1.91 bits per heavy atom. The summed E-state index contributed by atoms with van der Waals surface area (Å²) in [5.41, 5.74) is 6.97. The third-order valence-corrected chi connectivity index (χ3v) is 4.24. The predicted octanol–water partition coefficient (Wildman–Crippen LogP) is 2.93. The highest BCUT2D eigenvalue weighted by Crippen LogP contribution is 2.18. The maximum Gasteiger partial charge on any atom is 0.193 e. The molecule has 23 heavy (non-hydrogen) atoms. The first kappa shape index (κ1) is 17.6. The van der Waals surface area contributed by atoms with E-state index in [1.54, 1.807) is 7.11 Å². The van der Waals surface area contributed by atoms with Gasteiger partial charge in [0.1, 0.15) is 5.75 Å². The molecule has 1 heterocycles. The Kier molecular flexibility index (Phi) is 6.71. The number of nitrogens with one attached hydrogen (secondary N) is 1. The van der Waals surface area contributed by atoms with E-state index in [4.69, 9.17) is 10.5 Å². The first-order valence-corrected chi connectivity index (χ1v) is 8.53. The van der Waals surface area contributed by atoms with Gasteiger partial charge in [0.05, 0.1) is 13.7 Å². The van der Waals surface area contributed by atoms with E-state index in [1.807, 2.05) is 24.3 Å². The lowest BCUT2D eigenvalue weighted by Crippen LogP contribution is -2.37. The summed E-state index contributed by atoms with van der Waals surface area (Å²) in [4.78, 5) is 7.13.